The lowest BCUT2D eigenvalue weighted by atomic mass is 10.1. The molecule has 0 fully saturated rings. The van der Waals surface area contributed by atoms with Crippen molar-refractivity contribution in [3.63, 3.8) is 0 Å². The number of rotatable bonds is 2. The van der Waals surface area contributed by atoms with Crippen LogP contribution < -0.4 is 5.73 Å². The van der Waals surface area contributed by atoms with Gasteiger partial charge in [0.2, 0.25) is 0 Å². The summed E-state index contributed by atoms with van der Waals surface area (Å²) in [6.45, 7) is 3.79. The number of hydrogen-bond donors (Lipinski definition) is 1. The molecule has 0 aliphatic rings. The van der Waals surface area contributed by atoms with E-state index in [-0.39, 0.29) is 17.4 Å². The van der Waals surface area contributed by atoms with Crippen molar-refractivity contribution in [1.29, 1.82) is 0 Å². The van der Waals surface area contributed by atoms with Crippen molar-refractivity contribution >= 4 is 5.82 Å². The lowest BCUT2D eigenvalue weighted by molar-refractivity contribution is 0.567. The van der Waals surface area contributed by atoms with Gasteiger partial charge in [0.25, 0.3) is 0 Å². The first-order valence-electron chi connectivity index (χ1n) is 5.17. The van der Waals surface area contributed by atoms with Gasteiger partial charge in [-0.1, -0.05) is 19.1 Å². The van der Waals surface area contributed by atoms with Gasteiger partial charge in [-0.2, -0.15) is 0 Å². The van der Waals surface area contributed by atoms with Gasteiger partial charge in [0, 0.05) is 6.07 Å². The first kappa shape index (κ1) is 11.5. The largest absolute Gasteiger partial charge is 0.381 e. The van der Waals surface area contributed by atoms with Crippen molar-refractivity contribution in [3.8, 4) is 5.69 Å². The number of nitrogens with zero attached hydrogens (tertiary/aromatic N) is 3. The maximum absolute atomic E-state index is 13.6. The molecule has 0 bridgehead atoms. The molecule has 2 rings (SSSR count). The smallest absolute Gasteiger partial charge is 0.169 e. The number of nitrogens with two attached hydrogens (primary N) is 1. The minimum atomic E-state index is -0.697. The van der Waals surface area contributed by atoms with Crippen molar-refractivity contribution in [3.05, 3.63) is 35.5 Å². The van der Waals surface area contributed by atoms with E-state index in [9.17, 15) is 8.78 Å². The topological polar surface area (TPSA) is 56.7 Å². The average Bonchev–Trinajstić information content (AvgIpc) is 2.60. The molecule has 2 N–H and O–H groups in total. The molecular formula is C11H12F2N4. The van der Waals surface area contributed by atoms with Crippen LogP contribution in [0.25, 0.3) is 5.69 Å². The van der Waals surface area contributed by atoms with Crippen molar-refractivity contribution in [1.82, 2.24) is 15.0 Å². The van der Waals surface area contributed by atoms with Crippen LogP contribution in [0.3, 0.4) is 0 Å². The van der Waals surface area contributed by atoms with Crippen LogP contribution in [0.1, 0.15) is 25.5 Å². The van der Waals surface area contributed by atoms with Gasteiger partial charge in [-0.15, -0.1) is 5.10 Å². The maximum Gasteiger partial charge on any atom is 0.169 e. The molecule has 1 aromatic heterocycles. The second-order valence-corrected chi connectivity index (χ2v) is 4.02. The Morgan fingerprint density at radius 3 is 2.59 bits per heavy atom. The predicted molar refractivity (Wildman–Crippen MR) is 59.8 cm³/mol. The zero-order chi connectivity index (χ0) is 12.6. The molecule has 4 nitrogen and oxygen atoms in total. The van der Waals surface area contributed by atoms with Crippen molar-refractivity contribution in [2.45, 2.75) is 19.8 Å². The van der Waals surface area contributed by atoms with Gasteiger partial charge in [0.05, 0.1) is 5.69 Å². The molecule has 90 valence electrons. The fraction of sp³-hybridized carbons (Fsp3) is 0.273. The summed E-state index contributed by atoms with van der Waals surface area (Å²) in [5.41, 5.74) is 6.41. The van der Waals surface area contributed by atoms with Crippen LogP contribution in [-0.4, -0.2) is 15.0 Å². The lowest BCUT2D eigenvalue weighted by Crippen LogP contribution is -2.07. The van der Waals surface area contributed by atoms with E-state index in [2.05, 4.69) is 10.3 Å². The summed E-state index contributed by atoms with van der Waals surface area (Å²) in [4.78, 5) is 0. The van der Waals surface area contributed by atoms with E-state index < -0.39 is 11.6 Å². The van der Waals surface area contributed by atoms with Crippen LogP contribution in [0.5, 0.6) is 0 Å². The number of aromatic nitrogens is 3. The van der Waals surface area contributed by atoms with E-state index in [1.54, 1.807) is 0 Å². The summed E-state index contributed by atoms with van der Waals surface area (Å²) in [6, 6.07) is 3.28. The van der Waals surface area contributed by atoms with E-state index in [0.29, 0.717) is 5.69 Å². The third kappa shape index (κ3) is 1.98. The van der Waals surface area contributed by atoms with Gasteiger partial charge in [0.15, 0.2) is 11.6 Å². The highest BCUT2D eigenvalue weighted by Gasteiger charge is 2.17. The van der Waals surface area contributed by atoms with E-state index in [4.69, 9.17) is 5.73 Å². The summed E-state index contributed by atoms with van der Waals surface area (Å²) >= 11 is 0. The van der Waals surface area contributed by atoms with E-state index >= 15 is 0 Å². The van der Waals surface area contributed by atoms with Gasteiger partial charge >= 0.3 is 0 Å². The highest BCUT2D eigenvalue weighted by molar-refractivity contribution is 5.43. The molecule has 6 heteroatoms. The fourth-order valence-corrected chi connectivity index (χ4v) is 1.67. The first-order chi connectivity index (χ1) is 8.00. The normalized spacial score (nSPS) is 11.1. The third-order valence-corrected chi connectivity index (χ3v) is 2.42. The van der Waals surface area contributed by atoms with Gasteiger partial charge in [-0.05, 0) is 18.1 Å². The monoisotopic (exact) mass is 238 g/mol. The summed E-state index contributed by atoms with van der Waals surface area (Å²) in [7, 11) is 0. The Kier molecular flexibility index (Phi) is 2.79. The van der Waals surface area contributed by atoms with Crippen molar-refractivity contribution < 1.29 is 8.78 Å². The van der Waals surface area contributed by atoms with E-state index in [0.717, 1.165) is 6.07 Å². The molecule has 0 aliphatic carbocycles. The van der Waals surface area contributed by atoms with Crippen LogP contribution in [0.4, 0.5) is 14.6 Å². The van der Waals surface area contributed by atoms with Crippen molar-refractivity contribution in [2.75, 3.05) is 5.73 Å². The lowest BCUT2D eigenvalue weighted by Gasteiger charge is -2.10. The molecule has 0 saturated heterocycles. The van der Waals surface area contributed by atoms with Crippen LogP contribution >= 0.6 is 0 Å². The van der Waals surface area contributed by atoms with E-state index in [1.165, 1.54) is 16.8 Å². The highest BCUT2D eigenvalue weighted by atomic mass is 19.1. The molecular weight excluding hydrogens is 226 g/mol. The molecule has 0 atom stereocenters. The van der Waals surface area contributed by atoms with Gasteiger partial charge < -0.3 is 5.73 Å². The molecule has 1 heterocycles. The van der Waals surface area contributed by atoms with Crippen LogP contribution in [-0.2, 0) is 0 Å². The Morgan fingerprint density at radius 2 is 2.00 bits per heavy atom. The maximum atomic E-state index is 13.6. The second kappa shape index (κ2) is 4.12. The van der Waals surface area contributed by atoms with Crippen LogP contribution in [0.2, 0.25) is 0 Å². The summed E-state index contributed by atoms with van der Waals surface area (Å²) in [5, 5.41) is 7.49. The number of nitrogen functional groups attached to an aromatic ring is 1. The minimum Gasteiger partial charge on any atom is -0.381 e. The molecule has 0 spiro atoms. The molecule has 0 radical (unpaired) electrons. The molecule has 17 heavy (non-hydrogen) atoms. The Hall–Kier alpha value is -1.98. The zero-order valence-electron chi connectivity index (χ0n) is 9.48. The fourth-order valence-electron chi connectivity index (χ4n) is 1.67. The minimum absolute atomic E-state index is 0.0365. The Labute approximate surface area is 97.0 Å². The average molecular weight is 238 g/mol. The van der Waals surface area contributed by atoms with Crippen molar-refractivity contribution in [2.24, 2.45) is 0 Å². The van der Waals surface area contributed by atoms with Gasteiger partial charge in [-0.25, -0.2) is 13.5 Å². The molecule has 0 amide bonds. The van der Waals surface area contributed by atoms with Gasteiger partial charge in [0.1, 0.15) is 11.5 Å². The quantitative estimate of drug-likeness (QED) is 0.873. The Morgan fingerprint density at radius 1 is 1.29 bits per heavy atom. The molecule has 1 aromatic carbocycles. The number of anilines is 1. The first-order valence-corrected chi connectivity index (χ1v) is 5.17. The number of halogens is 2. The number of benzene rings is 1. The molecule has 2 aromatic rings. The third-order valence-electron chi connectivity index (χ3n) is 2.42. The molecule has 0 aliphatic heterocycles. The molecule has 0 saturated carbocycles. The predicted octanol–water partition coefficient (Wildman–Crippen LogP) is 2.25. The Bertz CT molecular complexity index is 548. The standard InChI is InChI=1S/C11H12F2N4/c1-6(2)10-11(14)15-16-17(10)9-4-3-7(12)5-8(9)13/h3-6H,14H2,1-2H3. The second-order valence-electron chi connectivity index (χ2n) is 4.02. The van der Waals surface area contributed by atoms with Crippen LogP contribution in [0.15, 0.2) is 18.2 Å². The van der Waals surface area contributed by atoms with E-state index in [1.807, 2.05) is 13.8 Å². The van der Waals surface area contributed by atoms with Gasteiger partial charge in [-0.3, -0.25) is 0 Å². The zero-order valence-corrected chi connectivity index (χ0v) is 9.48. The Balaban J connectivity index is 2.61. The molecule has 0 unspecified atom stereocenters. The SMILES string of the molecule is CC(C)c1c(N)nnn1-c1ccc(F)cc1F. The summed E-state index contributed by atoms with van der Waals surface area (Å²) < 4.78 is 27.7. The summed E-state index contributed by atoms with van der Waals surface area (Å²) in [5.74, 6) is -1.04. The highest BCUT2D eigenvalue weighted by Crippen LogP contribution is 2.24. The summed E-state index contributed by atoms with van der Waals surface area (Å²) in [6.07, 6.45) is 0. The van der Waals surface area contributed by atoms with Crippen LogP contribution in [0, 0.1) is 11.6 Å². The number of hydrogen-bond acceptors (Lipinski definition) is 3.